The first-order valence-electron chi connectivity index (χ1n) is 8.66. The van der Waals surface area contributed by atoms with E-state index in [0.29, 0.717) is 17.7 Å². The Morgan fingerprint density at radius 3 is 2.56 bits per heavy atom. The Kier molecular flexibility index (Phi) is 6.68. The molecule has 2 aromatic rings. The summed E-state index contributed by atoms with van der Waals surface area (Å²) in [5, 5.41) is 2.84. The Balaban J connectivity index is 1.38. The van der Waals surface area contributed by atoms with E-state index in [-0.39, 0.29) is 30.7 Å². The molecule has 0 saturated carbocycles. The van der Waals surface area contributed by atoms with E-state index in [1.165, 1.54) is 4.90 Å². The van der Waals surface area contributed by atoms with E-state index in [4.69, 9.17) is 0 Å². The lowest BCUT2D eigenvalue weighted by molar-refractivity contribution is -0.121. The van der Waals surface area contributed by atoms with Crippen LogP contribution in [0.1, 0.15) is 33.6 Å². The fourth-order valence-electron chi connectivity index (χ4n) is 2.77. The molecular formula is C20H19BrN2O3S. The van der Waals surface area contributed by atoms with Crippen LogP contribution in [-0.4, -0.2) is 41.5 Å². The maximum Gasteiger partial charge on any atom is 0.261 e. The van der Waals surface area contributed by atoms with Gasteiger partial charge in [-0.1, -0.05) is 34.1 Å². The fraction of sp³-hybridized carbons (Fsp3) is 0.250. The number of halogens is 1. The molecule has 27 heavy (non-hydrogen) atoms. The van der Waals surface area contributed by atoms with Crippen LogP contribution in [0.15, 0.2) is 57.9 Å². The first kappa shape index (κ1) is 19.6. The van der Waals surface area contributed by atoms with Crippen molar-refractivity contribution in [2.24, 2.45) is 0 Å². The second-order valence-electron chi connectivity index (χ2n) is 6.07. The van der Waals surface area contributed by atoms with Gasteiger partial charge in [0.25, 0.3) is 11.8 Å². The zero-order valence-electron chi connectivity index (χ0n) is 14.6. The number of benzene rings is 2. The Hall–Kier alpha value is -2.12. The highest BCUT2D eigenvalue weighted by Crippen LogP contribution is 2.26. The van der Waals surface area contributed by atoms with E-state index in [9.17, 15) is 14.4 Å². The zero-order valence-corrected chi connectivity index (χ0v) is 17.0. The van der Waals surface area contributed by atoms with Gasteiger partial charge in [-0.25, -0.2) is 0 Å². The molecule has 0 fully saturated rings. The molecule has 0 aromatic heterocycles. The lowest BCUT2D eigenvalue weighted by atomic mass is 10.1. The predicted octanol–water partition coefficient (Wildman–Crippen LogP) is 3.73. The summed E-state index contributed by atoms with van der Waals surface area (Å²) < 4.78 is 0.746. The van der Waals surface area contributed by atoms with Crippen molar-refractivity contribution in [2.75, 3.05) is 18.8 Å². The van der Waals surface area contributed by atoms with Gasteiger partial charge in [-0.3, -0.25) is 19.3 Å². The molecule has 3 amide bonds. The number of thioether (sulfide) groups is 1. The van der Waals surface area contributed by atoms with Gasteiger partial charge in [-0.05, 0) is 42.5 Å². The van der Waals surface area contributed by atoms with Gasteiger partial charge in [0, 0.05) is 28.9 Å². The highest BCUT2D eigenvalue weighted by molar-refractivity contribution is 9.10. The van der Waals surface area contributed by atoms with Crippen LogP contribution >= 0.6 is 27.7 Å². The highest BCUT2D eigenvalue weighted by Gasteiger charge is 2.35. The summed E-state index contributed by atoms with van der Waals surface area (Å²) in [6, 6.07) is 15.1. The van der Waals surface area contributed by atoms with Crippen LogP contribution in [0.2, 0.25) is 0 Å². The van der Waals surface area contributed by atoms with Crippen LogP contribution in [0, 0.1) is 0 Å². The summed E-state index contributed by atoms with van der Waals surface area (Å²) >= 11 is 5.05. The molecule has 1 N–H and O–H groups in total. The molecule has 0 radical (unpaired) electrons. The van der Waals surface area contributed by atoms with E-state index in [2.05, 4.69) is 33.4 Å². The summed E-state index contributed by atoms with van der Waals surface area (Å²) in [4.78, 5) is 39.0. The summed E-state index contributed by atoms with van der Waals surface area (Å²) in [7, 11) is 0. The van der Waals surface area contributed by atoms with Crippen LogP contribution in [-0.2, 0) is 4.79 Å². The average Bonchev–Trinajstić information content (AvgIpc) is 2.90. The number of fused-ring (bicyclic) bond motifs is 1. The molecule has 0 atom stereocenters. The van der Waals surface area contributed by atoms with E-state index >= 15 is 0 Å². The number of amides is 3. The topological polar surface area (TPSA) is 66.5 Å². The van der Waals surface area contributed by atoms with Crippen LogP contribution < -0.4 is 5.32 Å². The number of carbonyl (C=O) groups excluding carboxylic acids is 3. The molecule has 0 bridgehead atoms. The molecule has 7 heteroatoms. The van der Waals surface area contributed by atoms with Crippen molar-refractivity contribution in [3.63, 3.8) is 0 Å². The van der Waals surface area contributed by atoms with Crippen LogP contribution in [0.3, 0.4) is 0 Å². The maximum atomic E-state index is 12.4. The molecule has 0 aliphatic carbocycles. The van der Waals surface area contributed by atoms with Gasteiger partial charge in [-0.2, -0.15) is 0 Å². The van der Waals surface area contributed by atoms with Gasteiger partial charge in [0.05, 0.1) is 11.1 Å². The van der Waals surface area contributed by atoms with Crippen molar-refractivity contribution >= 4 is 45.4 Å². The second-order valence-corrected chi connectivity index (χ2v) is 8.15. The van der Waals surface area contributed by atoms with Crippen LogP contribution in [0.5, 0.6) is 0 Å². The summed E-state index contributed by atoms with van der Waals surface area (Å²) in [5.41, 5.74) is 0.772. The van der Waals surface area contributed by atoms with Crippen molar-refractivity contribution in [2.45, 2.75) is 17.7 Å². The third kappa shape index (κ3) is 4.99. The molecule has 140 valence electrons. The number of hydrogen-bond donors (Lipinski definition) is 1. The van der Waals surface area contributed by atoms with Gasteiger partial charge >= 0.3 is 0 Å². The molecule has 0 spiro atoms. The van der Waals surface area contributed by atoms with Gasteiger partial charge in [0.1, 0.15) is 0 Å². The van der Waals surface area contributed by atoms with Crippen molar-refractivity contribution in [3.8, 4) is 0 Å². The number of imide groups is 1. The Labute approximate surface area is 170 Å². The molecular weight excluding hydrogens is 428 g/mol. The van der Waals surface area contributed by atoms with E-state index in [0.717, 1.165) is 21.5 Å². The van der Waals surface area contributed by atoms with E-state index in [1.807, 2.05) is 18.2 Å². The third-order valence-corrected chi connectivity index (χ3v) is 5.74. The third-order valence-electron chi connectivity index (χ3n) is 4.15. The molecule has 0 saturated heterocycles. The lowest BCUT2D eigenvalue weighted by Crippen LogP contribution is -2.34. The first-order valence-corrected chi connectivity index (χ1v) is 10.4. The molecule has 1 aliphatic rings. The Bertz CT molecular complexity index is 858. The minimum atomic E-state index is -0.344. The molecule has 1 heterocycles. The van der Waals surface area contributed by atoms with E-state index in [1.54, 1.807) is 30.0 Å². The highest BCUT2D eigenvalue weighted by atomic mass is 79.9. The number of carbonyl (C=O) groups is 3. The molecule has 5 nitrogen and oxygen atoms in total. The number of nitrogens with one attached hydrogen (secondary N) is 1. The Morgan fingerprint density at radius 2 is 1.78 bits per heavy atom. The molecule has 1 aliphatic heterocycles. The minimum absolute atomic E-state index is 0.0918. The summed E-state index contributed by atoms with van der Waals surface area (Å²) in [6.45, 7) is 0.669. The number of hydrogen-bond acceptors (Lipinski definition) is 4. The fourth-order valence-corrected chi connectivity index (χ4v) is 4.01. The van der Waals surface area contributed by atoms with Gasteiger partial charge in [0.15, 0.2) is 0 Å². The standard InChI is InChI=1S/C20H19BrN2O3S/c21-14-7-8-16-17(13-14)20(26)23(19(16)25)11-9-18(24)22-10-4-12-27-15-5-2-1-3-6-15/h1-3,5-8,13H,4,9-12H2,(H,22,24). The summed E-state index contributed by atoms with van der Waals surface area (Å²) in [6.07, 6.45) is 0.963. The monoisotopic (exact) mass is 446 g/mol. The maximum absolute atomic E-state index is 12.4. The van der Waals surface area contributed by atoms with Gasteiger partial charge < -0.3 is 5.32 Å². The minimum Gasteiger partial charge on any atom is -0.356 e. The SMILES string of the molecule is O=C(CCN1C(=O)c2ccc(Br)cc2C1=O)NCCCSc1ccccc1. The van der Waals surface area contributed by atoms with E-state index < -0.39 is 0 Å². The Morgan fingerprint density at radius 1 is 1.04 bits per heavy atom. The normalized spacial score (nSPS) is 13.0. The zero-order chi connectivity index (χ0) is 19.2. The van der Waals surface area contributed by atoms with Crippen molar-refractivity contribution in [1.82, 2.24) is 10.2 Å². The largest absolute Gasteiger partial charge is 0.356 e. The number of rotatable bonds is 8. The molecule has 2 aromatic carbocycles. The quantitative estimate of drug-likeness (QED) is 0.381. The second kappa shape index (κ2) is 9.19. The van der Waals surface area contributed by atoms with Gasteiger partial charge in [0.2, 0.25) is 5.91 Å². The summed E-state index contributed by atoms with van der Waals surface area (Å²) in [5.74, 6) is 0.0766. The van der Waals surface area contributed by atoms with Crippen LogP contribution in [0.25, 0.3) is 0 Å². The predicted molar refractivity (Wildman–Crippen MR) is 109 cm³/mol. The van der Waals surface area contributed by atoms with Crippen molar-refractivity contribution < 1.29 is 14.4 Å². The molecule has 0 unspecified atom stereocenters. The van der Waals surface area contributed by atoms with Crippen molar-refractivity contribution in [1.29, 1.82) is 0 Å². The number of nitrogens with zero attached hydrogens (tertiary/aromatic N) is 1. The molecule has 3 rings (SSSR count). The van der Waals surface area contributed by atoms with Gasteiger partial charge in [-0.15, -0.1) is 11.8 Å². The van der Waals surface area contributed by atoms with Crippen LogP contribution in [0.4, 0.5) is 0 Å². The lowest BCUT2D eigenvalue weighted by Gasteiger charge is -2.13. The smallest absolute Gasteiger partial charge is 0.261 e. The first-order chi connectivity index (χ1) is 13.1. The van der Waals surface area contributed by atoms with Crippen molar-refractivity contribution in [3.05, 3.63) is 64.1 Å². The average molecular weight is 447 g/mol.